The molecule has 2 fully saturated rings. The number of aliphatic hydroxyl groups is 2. The molecule has 0 radical (unpaired) electrons. The van der Waals surface area contributed by atoms with E-state index in [1.165, 1.54) is 0 Å². The van der Waals surface area contributed by atoms with Gasteiger partial charge in [-0.05, 0) is 44.4 Å². The van der Waals surface area contributed by atoms with Gasteiger partial charge in [-0.1, -0.05) is 27.8 Å². The van der Waals surface area contributed by atoms with E-state index in [1.807, 2.05) is 13.8 Å². The van der Waals surface area contributed by atoms with Crippen molar-refractivity contribution in [3.8, 4) is 11.8 Å². The van der Waals surface area contributed by atoms with Crippen molar-refractivity contribution in [2.75, 3.05) is 13.2 Å². The summed E-state index contributed by atoms with van der Waals surface area (Å²) >= 11 is 3.62. The Balaban J connectivity index is 1.84. The molecule has 108 valence electrons. The molecule has 5 unspecified atom stereocenters. The molecule has 0 spiro atoms. The van der Waals surface area contributed by atoms with Crippen LogP contribution in [0, 0.1) is 29.6 Å². The van der Waals surface area contributed by atoms with E-state index in [2.05, 4.69) is 27.8 Å². The molecule has 5 atom stereocenters. The second-order valence-corrected chi connectivity index (χ2v) is 7.24. The lowest BCUT2D eigenvalue weighted by molar-refractivity contribution is 0.00594. The van der Waals surface area contributed by atoms with Crippen molar-refractivity contribution in [3.05, 3.63) is 0 Å². The molecule has 4 heteroatoms. The molecule has 0 saturated heterocycles. The Labute approximate surface area is 123 Å². The van der Waals surface area contributed by atoms with Gasteiger partial charge in [0.2, 0.25) is 0 Å². The lowest BCUT2D eigenvalue weighted by atomic mass is 9.85. The number of ether oxygens (including phenoxy) is 1. The van der Waals surface area contributed by atoms with Crippen LogP contribution in [0.15, 0.2) is 0 Å². The van der Waals surface area contributed by atoms with Crippen molar-refractivity contribution in [2.24, 2.45) is 17.8 Å². The van der Waals surface area contributed by atoms with Gasteiger partial charge in [-0.2, -0.15) is 0 Å². The molecule has 0 amide bonds. The Hall–Kier alpha value is -0.0800. The molecule has 0 aliphatic heterocycles. The van der Waals surface area contributed by atoms with Crippen molar-refractivity contribution in [1.29, 1.82) is 0 Å². The molecular weight excluding hydrogens is 308 g/mol. The van der Waals surface area contributed by atoms with Crippen molar-refractivity contribution >= 4 is 15.9 Å². The van der Waals surface area contributed by atoms with Crippen molar-refractivity contribution in [2.45, 2.75) is 49.6 Å². The van der Waals surface area contributed by atoms with E-state index in [4.69, 9.17) is 9.84 Å². The van der Waals surface area contributed by atoms with Gasteiger partial charge in [-0.3, -0.25) is 0 Å². The molecule has 0 aromatic carbocycles. The minimum Gasteiger partial charge on any atom is -0.394 e. The maximum atomic E-state index is 9.93. The minimum atomic E-state index is -0.492. The molecule has 2 N–H and O–H groups in total. The summed E-state index contributed by atoms with van der Waals surface area (Å²) in [7, 11) is 0. The van der Waals surface area contributed by atoms with E-state index >= 15 is 0 Å². The van der Waals surface area contributed by atoms with Crippen molar-refractivity contribution < 1.29 is 14.9 Å². The van der Waals surface area contributed by atoms with Crippen LogP contribution in [-0.2, 0) is 4.74 Å². The fraction of sp³-hybridized carbons (Fsp3) is 0.867. The first kappa shape index (κ1) is 15.3. The molecule has 19 heavy (non-hydrogen) atoms. The summed E-state index contributed by atoms with van der Waals surface area (Å²) in [6, 6.07) is 0. The predicted octanol–water partition coefficient (Wildman–Crippen LogP) is 1.95. The highest BCUT2D eigenvalue weighted by atomic mass is 79.9. The highest BCUT2D eigenvalue weighted by Crippen LogP contribution is 2.52. The van der Waals surface area contributed by atoms with Gasteiger partial charge in [0.1, 0.15) is 5.60 Å². The summed E-state index contributed by atoms with van der Waals surface area (Å²) in [6.07, 6.45) is 2.94. The van der Waals surface area contributed by atoms with E-state index in [-0.39, 0.29) is 17.5 Å². The smallest absolute Gasteiger partial charge is 0.123 e. The third-order valence-corrected chi connectivity index (χ3v) is 5.53. The standard InChI is InChI=1S/C15H23BrO3/c1-15(2,19-7-6-17)5-3-4-10-8-11-9-12(10)13(16)14(11)18/h10-14,17-18H,4,6-9H2,1-2H3. The largest absolute Gasteiger partial charge is 0.394 e. The molecule has 0 aromatic rings. The van der Waals surface area contributed by atoms with Gasteiger partial charge < -0.3 is 14.9 Å². The van der Waals surface area contributed by atoms with Gasteiger partial charge in [0.25, 0.3) is 0 Å². The van der Waals surface area contributed by atoms with Gasteiger partial charge in [0.15, 0.2) is 0 Å². The van der Waals surface area contributed by atoms with Crippen LogP contribution in [0.4, 0.5) is 0 Å². The van der Waals surface area contributed by atoms with Crippen molar-refractivity contribution in [1.82, 2.24) is 0 Å². The fourth-order valence-electron chi connectivity index (χ4n) is 3.35. The van der Waals surface area contributed by atoms with E-state index in [0.29, 0.717) is 24.4 Å². The molecule has 2 aliphatic rings. The number of rotatable bonds is 4. The number of hydrogen-bond donors (Lipinski definition) is 2. The normalized spacial score (nSPS) is 37.2. The fourth-order valence-corrected chi connectivity index (χ4v) is 4.43. The Morgan fingerprint density at radius 1 is 1.37 bits per heavy atom. The summed E-state index contributed by atoms with van der Waals surface area (Å²) in [5, 5.41) is 18.7. The highest BCUT2D eigenvalue weighted by Gasteiger charge is 2.50. The molecule has 2 rings (SSSR count). The summed E-state index contributed by atoms with van der Waals surface area (Å²) in [5.41, 5.74) is -0.492. The minimum absolute atomic E-state index is 0.0284. The topological polar surface area (TPSA) is 49.7 Å². The summed E-state index contributed by atoms with van der Waals surface area (Å²) in [6.45, 7) is 4.20. The monoisotopic (exact) mass is 330 g/mol. The Morgan fingerprint density at radius 3 is 2.68 bits per heavy atom. The summed E-state index contributed by atoms with van der Waals surface area (Å²) in [4.78, 5) is 0.247. The van der Waals surface area contributed by atoms with E-state index in [9.17, 15) is 5.11 Å². The lowest BCUT2D eigenvalue weighted by Gasteiger charge is -2.28. The number of hydrogen-bond acceptors (Lipinski definition) is 3. The van der Waals surface area contributed by atoms with Crippen LogP contribution >= 0.6 is 15.9 Å². The highest BCUT2D eigenvalue weighted by molar-refractivity contribution is 9.09. The first-order valence-electron chi connectivity index (χ1n) is 7.01. The van der Waals surface area contributed by atoms with E-state index in [1.54, 1.807) is 0 Å². The third kappa shape index (κ3) is 3.52. The van der Waals surface area contributed by atoms with Gasteiger partial charge in [-0.25, -0.2) is 0 Å². The SMILES string of the molecule is CC(C)(C#CCC1CC2CC1C(Br)C2O)OCCO. The first-order chi connectivity index (χ1) is 8.94. The van der Waals surface area contributed by atoms with Gasteiger partial charge >= 0.3 is 0 Å². The molecule has 3 nitrogen and oxygen atoms in total. The quantitative estimate of drug-likeness (QED) is 0.612. The maximum Gasteiger partial charge on any atom is 0.123 e. The van der Waals surface area contributed by atoms with Crippen LogP contribution in [0.2, 0.25) is 0 Å². The van der Waals surface area contributed by atoms with Crippen LogP contribution in [0.3, 0.4) is 0 Å². The predicted molar refractivity (Wildman–Crippen MR) is 77.9 cm³/mol. The number of aliphatic hydroxyl groups excluding tert-OH is 2. The van der Waals surface area contributed by atoms with Crippen LogP contribution in [0.5, 0.6) is 0 Å². The van der Waals surface area contributed by atoms with E-state index in [0.717, 1.165) is 19.3 Å². The Bertz CT molecular complexity index is 369. The molecule has 2 bridgehead atoms. The zero-order valence-electron chi connectivity index (χ0n) is 11.6. The second kappa shape index (κ2) is 6.13. The number of alkyl halides is 1. The molecule has 0 heterocycles. The zero-order chi connectivity index (χ0) is 14.0. The van der Waals surface area contributed by atoms with Crippen LogP contribution in [-0.4, -0.2) is 40.0 Å². The third-order valence-electron chi connectivity index (χ3n) is 4.31. The molecule has 2 saturated carbocycles. The van der Waals surface area contributed by atoms with Gasteiger partial charge in [0.05, 0.1) is 19.3 Å². The maximum absolute atomic E-state index is 9.93. The van der Waals surface area contributed by atoms with Gasteiger partial charge in [-0.15, -0.1) is 0 Å². The average Bonchev–Trinajstić information content (AvgIpc) is 2.88. The molecule has 2 aliphatic carbocycles. The summed E-state index contributed by atoms with van der Waals surface area (Å²) in [5.74, 6) is 8.00. The van der Waals surface area contributed by atoms with Crippen LogP contribution in [0.25, 0.3) is 0 Å². The lowest BCUT2D eigenvalue weighted by Crippen LogP contribution is -2.32. The van der Waals surface area contributed by atoms with E-state index < -0.39 is 5.60 Å². The second-order valence-electron chi connectivity index (χ2n) is 6.18. The molecule has 0 aromatic heterocycles. The van der Waals surface area contributed by atoms with Crippen LogP contribution < -0.4 is 0 Å². The van der Waals surface area contributed by atoms with Crippen LogP contribution in [0.1, 0.15) is 33.1 Å². The van der Waals surface area contributed by atoms with Gasteiger partial charge in [0, 0.05) is 11.2 Å². The summed E-state index contributed by atoms with van der Waals surface area (Å²) < 4.78 is 5.47. The number of fused-ring (bicyclic) bond motifs is 2. The average molecular weight is 331 g/mol. The zero-order valence-corrected chi connectivity index (χ0v) is 13.2. The van der Waals surface area contributed by atoms with Crippen molar-refractivity contribution in [3.63, 3.8) is 0 Å². The first-order valence-corrected chi connectivity index (χ1v) is 7.93. The Kier molecular flexibility index (Phi) is 4.94. The Morgan fingerprint density at radius 2 is 2.11 bits per heavy atom. The molecular formula is C15H23BrO3. The number of halogens is 1.